The first-order chi connectivity index (χ1) is 13.7. The van der Waals surface area contributed by atoms with Gasteiger partial charge in [0, 0.05) is 10.6 Å². The van der Waals surface area contributed by atoms with Crippen LogP contribution < -0.4 is 10.1 Å². The average molecular weight is 397 g/mol. The van der Waals surface area contributed by atoms with Crippen molar-refractivity contribution in [2.45, 2.75) is 0 Å². The molecule has 2 heterocycles. The highest BCUT2D eigenvalue weighted by Crippen LogP contribution is 2.24. The lowest BCUT2D eigenvalue weighted by atomic mass is 10.2. The number of ether oxygens (including phenoxy) is 1. The average Bonchev–Trinajstić information content (AvgIpc) is 3.41. The Kier molecular flexibility index (Phi) is 4.98. The first-order valence-electron chi connectivity index (χ1n) is 8.13. The second kappa shape index (κ2) is 7.89. The lowest BCUT2D eigenvalue weighted by Gasteiger charge is -2.12. The minimum atomic E-state index is -0.343. The van der Waals surface area contributed by atoms with E-state index in [1.165, 1.54) is 23.7 Å². The summed E-state index contributed by atoms with van der Waals surface area (Å²) in [4.78, 5) is 16.2. The van der Waals surface area contributed by atoms with Gasteiger partial charge in [-0.25, -0.2) is 9.67 Å². The molecular formula is C18H13ClN6O3. The molecule has 0 saturated heterocycles. The van der Waals surface area contributed by atoms with E-state index in [9.17, 15) is 4.79 Å². The number of carbonyl (C=O) groups excluding carboxylic acids is 1. The summed E-state index contributed by atoms with van der Waals surface area (Å²) in [5, 5.41) is 14.8. The van der Waals surface area contributed by atoms with Gasteiger partial charge >= 0.3 is 0 Å². The molecule has 0 unspecified atom stereocenters. The molecule has 1 amide bonds. The zero-order chi connectivity index (χ0) is 19.3. The van der Waals surface area contributed by atoms with Crippen LogP contribution in [0.25, 0.3) is 17.1 Å². The fraction of sp³-hybridized carbons (Fsp3) is 0.0556. The smallest absolute Gasteiger partial charge is 0.262 e. The minimum Gasteiger partial charge on any atom is -0.484 e. The lowest BCUT2D eigenvalue weighted by molar-refractivity contribution is -0.118. The number of aromatic nitrogens is 5. The number of rotatable bonds is 6. The van der Waals surface area contributed by atoms with Crippen LogP contribution in [0.1, 0.15) is 0 Å². The summed E-state index contributed by atoms with van der Waals surface area (Å²) in [5.41, 5.74) is 1.89. The van der Waals surface area contributed by atoms with Crippen LogP contribution in [0.2, 0.25) is 5.02 Å². The number of nitrogens with one attached hydrogen (secondary N) is 1. The van der Waals surface area contributed by atoms with E-state index in [0.717, 1.165) is 5.56 Å². The number of anilines is 1. The first kappa shape index (κ1) is 17.7. The largest absolute Gasteiger partial charge is 0.484 e. The van der Waals surface area contributed by atoms with Crippen molar-refractivity contribution in [2.24, 2.45) is 0 Å². The summed E-state index contributed by atoms with van der Waals surface area (Å²) in [6.45, 7) is -0.177. The van der Waals surface area contributed by atoms with Crippen LogP contribution in [0, 0.1) is 0 Å². The quantitative estimate of drug-likeness (QED) is 0.533. The van der Waals surface area contributed by atoms with E-state index in [2.05, 4.69) is 25.6 Å². The zero-order valence-electron chi connectivity index (χ0n) is 14.3. The van der Waals surface area contributed by atoms with Crippen LogP contribution >= 0.6 is 11.6 Å². The highest BCUT2D eigenvalue weighted by atomic mass is 35.5. The van der Waals surface area contributed by atoms with Gasteiger partial charge < -0.3 is 14.5 Å². The molecule has 0 bridgehead atoms. The Morgan fingerprint density at radius 3 is 2.79 bits per heavy atom. The molecule has 0 aliphatic carbocycles. The summed E-state index contributed by atoms with van der Waals surface area (Å²) in [6, 6.07) is 12.0. The molecule has 0 atom stereocenters. The first-order valence-corrected chi connectivity index (χ1v) is 8.50. The van der Waals surface area contributed by atoms with Gasteiger partial charge in [-0.15, -0.1) is 10.2 Å². The van der Waals surface area contributed by atoms with Crippen LogP contribution in [0.15, 0.2) is 65.9 Å². The third kappa shape index (κ3) is 3.99. The Morgan fingerprint density at radius 2 is 2.07 bits per heavy atom. The molecule has 4 aromatic rings. The number of carbonyl (C=O) groups is 1. The molecule has 10 heteroatoms. The van der Waals surface area contributed by atoms with Crippen molar-refractivity contribution in [2.75, 3.05) is 11.9 Å². The topological polar surface area (TPSA) is 108 Å². The fourth-order valence-corrected chi connectivity index (χ4v) is 2.64. The lowest BCUT2D eigenvalue weighted by Crippen LogP contribution is -2.21. The molecule has 4 rings (SSSR count). The Balaban J connectivity index is 1.41. The number of halogens is 1. The summed E-state index contributed by atoms with van der Waals surface area (Å²) in [6.07, 6.45) is 4.19. The number of nitrogens with zero attached hydrogens (tertiary/aromatic N) is 5. The van der Waals surface area contributed by atoms with Crippen molar-refractivity contribution in [3.05, 3.63) is 66.5 Å². The molecule has 2 aromatic heterocycles. The molecular weight excluding hydrogens is 384 g/mol. The molecule has 1 N–H and O–H groups in total. The van der Waals surface area contributed by atoms with E-state index in [4.69, 9.17) is 20.8 Å². The second-order valence-electron chi connectivity index (χ2n) is 5.61. The van der Waals surface area contributed by atoms with Crippen LogP contribution in [0.5, 0.6) is 5.75 Å². The van der Waals surface area contributed by atoms with Crippen molar-refractivity contribution >= 4 is 23.2 Å². The molecule has 0 aliphatic rings. The number of hydrogen-bond acceptors (Lipinski definition) is 7. The number of hydrogen-bond donors (Lipinski definition) is 1. The Labute approximate surface area is 163 Å². The Hall–Kier alpha value is -3.72. The fourth-order valence-electron chi connectivity index (χ4n) is 2.47. The summed E-state index contributed by atoms with van der Waals surface area (Å²) in [5.74, 6) is 0.594. The van der Waals surface area contributed by atoms with Gasteiger partial charge in [-0.3, -0.25) is 4.79 Å². The van der Waals surface area contributed by atoms with Crippen molar-refractivity contribution < 1.29 is 13.9 Å². The van der Waals surface area contributed by atoms with Crippen LogP contribution in [-0.4, -0.2) is 37.5 Å². The monoisotopic (exact) mass is 396 g/mol. The molecule has 0 fully saturated rings. The molecule has 0 spiro atoms. The summed E-state index contributed by atoms with van der Waals surface area (Å²) in [7, 11) is 0. The minimum absolute atomic E-state index is 0.177. The normalized spacial score (nSPS) is 10.6. The van der Waals surface area contributed by atoms with Gasteiger partial charge in [0.15, 0.2) is 6.61 Å². The third-order valence-electron chi connectivity index (χ3n) is 3.73. The van der Waals surface area contributed by atoms with E-state index >= 15 is 0 Å². The van der Waals surface area contributed by atoms with Crippen molar-refractivity contribution in [3.63, 3.8) is 0 Å². The zero-order valence-corrected chi connectivity index (χ0v) is 15.1. The van der Waals surface area contributed by atoms with Gasteiger partial charge in [-0.05, 0) is 42.5 Å². The van der Waals surface area contributed by atoms with Crippen LogP contribution in [0.3, 0.4) is 0 Å². The van der Waals surface area contributed by atoms with E-state index in [1.54, 1.807) is 42.5 Å². The van der Waals surface area contributed by atoms with Gasteiger partial charge in [0.25, 0.3) is 5.91 Å². The van der Waals surface area contributed by atoms with Crippen molar-refractivity contribution in [3.8, 4) is 22.9 Å². The SMILES string of the molecule is O=C(COc1ccc(-c2nnco2)cc1)Nc1cc(Cl)ccc1-n1cncn1. The van der Waals surface area contributed by atoms with Gasteiger partial charge in [-0.2, -0.15) is 5.10 Å². The Morgan fingerprint density at radius 1 is 1.21 bits per heavy atom. The van der Waals surface area contributed by atoms with Crippen LogP contribution in [-0.2, 0) is 4.79 Å². The third-order valence-corrected chi connectivity index (χ3v) is 3.96. The molecule has 0 aliphatic heterocycles. The highest BCUT2D eigenvalue weighted by molar-refractivity contribution is 6.31. The van der Waals surface area contributed by atoms with E-state index in [-0.39, 0.29) is 12.5 Å². The van der Waals surface area contributed by atoms with Crippen molar-refractivity contribution in [1.29, 1.82) is 0 Å². The summed E-state index contributed by atoms with van der Waals surface area (Å²) >= 11 is 6.05. The predicted octanol–water partition coefficient (Wildman–Crippen LogP) is 2.99. The summed E-state index contributed by atoms with van der Waals surface area (Å²) < 4.78 is 12.2. The van der Waals surface area contributed by atoms with Crippen molar-refractivity contribution in [1.82, 2.24) is 25.0 Å². The highest BCUT2D eigenvalue weighted by Gasteiger charge is 2.11. The van der Waals surface area contributed by atoms with Gasteiger partial charge in [0.05, 0.1) is 11.4 Å². The predicted molar refractivity (Wildman–Crippen MR) is 100 cm³/mol. The standard InChI is InChI=1S/C18H13ClN6O3/c19-13-3-6-16(25-10-20-9-22-25)15(7-13)23-17(26)8-27-14-4-1-12(2-5-14)18-24-21-11-28-18/h1-7,9-11H,8H2,(H,23,26). The Bertz CT molecular complexity index is 1070. The van der Waals surface area contributed by atoms with E-state index in [1.807, 2.05) is 0 Å². The molecule has 0 saturated carbocycles. The van der Waals surface area contributed by atoms with E-state index < -0.39 is 0 Å². The van der Waals surface area contributed by atoms with Gasteiger partial charge in [0.2, 0.25) is 12.3 Å². The number of benzene rings is 2. The second-order valence-corrected chi connectivity index (χ2v) is 6.04. The van der Waals surface area contributed by atoms with E-state index in [0.29, 0.717) is 28.0 Å². The van der Waals surface area contributed by atoms with Gasteiger partial charge in [0.1, 0.15) is 18.4 Å². The maximum atomic E-state index is 12.3. The number of amides is 1. The molecule has 28 heavy (non-hydrogen) atoms. The molecule has 9 nitrogen and oxygen atoms in total. The molecule has 0 radical (unpaired) electrons. The maximum Gasteiger partial charge on any atom is 0.262 e. The van der Waals surface area contributed by atoms with Gasteiger partial charge in [-0.1, -0.05) is 11.6 Å². The molecule has 140 valence electrons. The van der Waals surface area contributed by atoms with Crippen LogP contribution in [0.4, 0.5) is 5.69 Å². The molecule has 2 aromatic carbocycles. The maximum absolute atomic E-state index is 12.3.